The Balaban J connectivity index is 1.45. The summed E-state index contributed by atoms with van der Waals surface area (Å²) in [7, 11) is 0. The molecule has 0 radical (unpaired) electrons. The number of halogens is 2. The molecule has 0 fully saturated rings. The molecule has 1 amide bonds. The van der Waals surface area contributed by atoms with Crippen molar-refractivity contribution in [1.29, 1.82) is 0 Å². The monoisotopic (exact) mass is 528 g/mol. The number of aromatic nitrogens is 2. The van der Waals surface area contributed by atoms with Gasteiger partial charge < -0.3 is 14.5 Å². The number of amides is 1. The van der Waals surface area contributed by atoms with Crippen LogP contribution in [0, 0.1) is 30.9 Å². The summed E-state index contributed by atoms with van der Waals surface area (Å²) in [4.78, 5) is 23.6. The van der Waals surface area contributed by atoms with Gasteiger partial charge in [0.2, 0.25) is 0 Å². The Bertz CT molecular complexity index is 1440. The van der Waals surface area contributed by atoms with E-state index in [-0.39, 0.29) is 23.8 Å². The number of ether oxygens (including phenoxy) is 1. The van der Waals surface area contributed by atoms with Crippen LogP contribution in [0.5, 0.6) is 5.75 Å². The average molecular weight is 529 g/mol. The molecular formula is C25H22Cl2N4O5. The summed E-state index contributed by atoms with van der Waals surface area (Å²) >= 11 is 12.6. The van der Waals surface area contributed by atoms with Gasteiger partial charge in [0.25, 0.3) is 5.91 Å². The Morgan fingerprint density at radius 1 is 1.14 bits per heavy atom. The molecule has 186 valence electrons. The zero-order valence-electron chi connectivity index (χ0n) is 19.7. The average Bonchev–Trinajstić information content (AvgIpc) is 3.41. The normalized spacial score (nSPS) is 10.9. The van der Waals surface area contributed by atoms with E-state index in [9.17, 15) is 14.9 Å². The number of aryl methyl sites for hydroxylation is 2. The number of benzene rings is 2. The van der Waals surface area contributed by atoms with Gasteiger partial charge >= 0.3 is 5.69 Å². The van der Waals surface area contributed by atoms with Crippen LogP contribution in [0.1, 0.15) is 38.8 Å². The van der Waals surface area contributed by atoms with Crippen molar-refractivity contribution in [3.8, 4) is 5.75 Å². The molecule has 0 saturated heterocycles. The van der Waals surface area contributed by atoms with Crippen LogP contribution in [0.4, 0.5) is 11.4 Å². The van der Waals surface area contributed by atoms with E-state index in [1.807, 2.05) is 6.92 Å². The van der Waals surface area contributed by atoms with Crippen molar-refractivity contribution in [2.24, 2.45) is 0 Å². The van der Waals surface area contributed by atoms with Crippen LogP contribution < -0.4 is 10.1 Å². The SMILES string of the molecule is Cc1ccc(OCc2ccc(C(=O)Nc3c(C)nn(Cc4c(Cl)cccc4Cl)c3C)o2)c([N+](=O)[O-])c1. The fourth-order valence-corrected chi connectivity index (χ4v) is 4.18. The van der Waals surface area contributed by atoms with Gasteiger partial charge in [-0.3, -0.25) is 19.6 Å². The Morgan fingerprint density at radius 2 is 1.86 bits per heavy atom. The van der Waals surface area contributed by atoms with Crippen molar-refractivity contribution in [3.05, 3.63) is 103 Å². The summed E-state index contributed by atoms with van der Waals surface area (Å²) in [6.07, 6.45) is 0. The van der Waals surface area contributed by atoms with E-state index in [0.717, 1.165) is 16.8 Å². The number of hydrogen-bond acceptors (Lipinski definition) is 6. The van der Waals surface area contributed by atoms with E-state index in [4.69, 9.17) is 32.4 Å². The van der Waals surface area contributed by atoms with Crippen LogP contribution in [0.25, 0.3) is 0 Å². The van der Waals surface area contributed by atoms with Gasteiger partial charge in [-0.05, 0) is 56.7 Å². The van der Waals surface area contributed by atoms with E-state index in [1.165, 1.54) is 18.2 Å². The first-order valence-corrected chi connectivity index (χ1v) is 11.6. The minimum atomic E-state index is -0.506. The molecule has 2 heterocycles. The second-order valence-corrected chi connectivity index (χ2v) is 8.96. The predicted molar refractivity (Wildman–Crippen MR) is 136 cm³/mol. The summed E-state index contributed by atoms with van der Waals surface area (Å²) in [6.45, 7) is 5.63. The van der Waals surface area contributed by atoms with Crippen molar-refractivity contribution in [2.75, 3.05) is 5.32 Å². The number of nitrogens with one attached hydrogen (secondary N) is 1. The molecule has 0 saturated carbocycles. The first-order chi connectivity index (χ1) is 17.1. The minimum absolute atomic E-state index is 0.0627. The first-order valence-electron chi connectivity index (χ1n) is 10.9. The number of carbonyl (C=O) groups excluding carboxylic acids is 1. The van der Waals surface area contributed by atoms with Gasteiger partial charge in [-0.2, -0.15) is 5.10 Å². The van der Waals surface area contributed by atoms with Crippen molar-refractivity contribution in [1.82, 2.24) is 9.78 Å². The lowest BCUT2D eigenvalue weighted by atomic mass is 10.2. The fourth-order valence-electron chi connectivity index (χ4n) is 3.66. The Morgan fingerprint density at radius 3 is 2.56 bits per heavy atom. The molecular weight excluding hydrogens is 507 g/mol. The van der Waals surface area contributed by atoms with Crippen LogP contribution in [-0.2, 0) is 13.2 Å². The van der Waals surface area contributed by atoms with E-state index < -0.39 is 10.8 Å². The van der Waals surface area contributed by atoms with Gasteiger partial charge in [-0.25, -0.2) is 0 Å². The summed E-state index contributed by atoms with van der Waals surface area (Å²) in [5, 5.41) is 19.7. The van der Waals surface area contributed by atoms with Crippen LogP contribution in [0.15, 0.2) is 52.9 Å². The summed E-state index contributed by atoms with van der Waals surface area (Å²) in [5.74, 6) is 0.0506. The lowest BCUT2D eigenvalue weighted by Gasteiger charge is -2.09. The number of nitro groups is 1. The molecule has 0 aliphatic carbocycles. The molecule has 0 aliphatic heterocycles. The lowest BCUT2D eigenvalue weighted by Crippen LogP contribution is -2.12. The van der Waals surface area contributed by atoms with E-state index in [1.54, 1.807) is 48.9 Å². The highest BCUT2D eigenvalue weighted by molar-refractivity contribution is 6.36. The number of furan rings is 1. The van der Waals surface area contributed by atoms with Gasteiger partial charge in [-0.1, -0.05) is 35.3 Å². The maximum Gasteiger partial charge on any atom is 0.311 e. The molecule has 0 atom stereocenters. The quantitative estimate of drug-likeness (QED) is 0.206. The molecule has 2 aromatic carbocycles. The van der Waals surface area contributed by atoms with Gasteiger partial charge in [-0.15, -0.1) is 0 Å². The summed E-state index contributed by atoms with van der Waals surface area (Å²) < 4.78 is 12.9. The third-order valence-electron chi connectivity index (χ3n) is 5.56. The van der Waals surface area contributed by atoms with Crippen LogP contribution in [0.3, 0.4) is 0 Å². The number of hydrogen-bond donors (Lipinski definition) is 1. The van der Waals surface area contributed by atoms with E-state index in [2.05, 4.69) is 10.4 Å². The van der Waals surface area contributed by atoms with Gasteiger partial charge in [0, 0.05) is 21.7 Å². The zero-order valence-corrected chi connectivity index (χ0v) is 21.2. The Kier molecular flexibility index (Phi) is 7.32. The molecule has 4 aromatic rings. The van der Waals surface area contributed by atoms with Crippen molar-refractivity contribution in [2.45, 2.75) is 33.9 Å². The molecule has 11 heteroatoms. The molecule has 0 aliphatic rings. The molecule has 0 bridgehead atoms. The van der Waals surface area contributed by atoms with E-state index >= 15 is 0 Å². The Hall–Kier alpha value is -3.82. The van der Waals surface area contributed by atoms with Crippen LogP contribution in [-0.4, -0.2) is 20.6 Å². The highest BCUT2D eigenvalue weighted by atomic mass is 35.5. The van der Waals surface area contributed by atoms with Gasteiger partial charge in [0.15, 0.2) is 11.5 Å². The third kappa shape index (κ3) is 5.37. The highest BCUT2D eigenvalue weighted by Crippen LogP contribution is 2.30. The maximum absolute atomic E-state index is 12.8. The van der Waals surface area contributed by atoms with Crippen LogP contribution >= 0.6 is 23.2 Å². The fraction of sp³-hybridized carbons (Fsp3) is 0.200. The van der Waals surface area contributed by atoms with Crippen molar-refractivity contribution < 1.29 is 18.9 Å². The lowest BCUT2D eigenvalue weighted by molar-refractivity contribution is -0.386. The summed E-state index contributed by atoms with van der Waals surface area (Å²) in [5.41, 5.74) is 3.22. The minimum Gasteiger partial charge on any atom is -0.479 e. The number of rotatable bonds is 8. The standard InChI is InChI=1S/C25H22Cl2N4O5/c1-14-7-9-22(21(11-14)31(33)34)35-13-17-8-10-23(36-17)25(32)28-24-15(2)29-30(16(24)3)12-18-19(26)5-4-6-20(18)27/h4-11H,12-13H2,1-3H3,(H,28,32). The third-order valence-corrected chi connectivity index (χ3v) is 6.26. The van der Waals surface area contributed by atoms with Crippen molar-refractivity contribution in [3.63, 3.8) is 0 Å². The predicted octanol–water partition coefficient (Wildman–Crippen LogP) is 6.50. The Labute approximate surface area is 216 Å². The van der Waals surface area contributed by atoms with Gasteiger partial charge in [0.1, 0.15) is 12.4 Å². The second kappa shape index (κ2) is 10.4. The smallest absolute Gasteiger partial charge is 0.311 e. The molecule has 0 unspecified atom stereocenters. The molecule has 1 N–H and O–H groups in total. The molecule has 2 aromatic heterocycles. The van der Waals surface area contributed by atoms with E-state index in [0.29, 0.717) is 33.7 Å². The maximum atomic E-state index is 12.8. The number of anilines is 1. The molecule has 0 spiro atoms. The topological polar surface area (TPSA) is 112 Å². The number of nitrogens with zero attached hydrogens (tertiary/aromatic N) is 3. The first kappa shape index (κ1) is 25.3. The molecule has 4 rings (SSSR count). The molecule has 36 heavy (non-hydrogen) atoms. The van der Waals surface area contributed by atoms with Crippen LogP contribution in [0.2, 0.25) is 10.0 Å². The second-order valence-electron chi connectivity index (χ2n) is 8.14. The number of carbonyl (C=O) groups is 1. The zero-order chi connectivity index (χ0) is 26.0. The largest absolute Gasteiger partial charge is 0.479 e. The number of nitro benzene ring substituents is 1. The van der Waals surface area contributed by atoms with Crippen molar-refractivity contribution >= 4 is 40.5 Å². The highest BCUT2D eigenvalue weighted by Gasteiger charge is 2.20. The summed E-state index contributed by atoms with van der Waals surface area (Å²) in [6, 6.07) is 13.1. The molecule has 9 nitrogen and oxygen atoms in total. The van der Waals surface area contributed by atoms with Gasteiger partial charge in [0.05, 0.1) is 28.5 Å².